The Labute approximate surface area is 575 Å². The molecule has 0 saturated carbocycles. The van der Waals surface area contributed by atoms with E-state index in [1.165, 1.54) is 0 Å². The molecule has 97 heavy (non-hydrogen) atoms. The van der Waals surface area contributed by atoms with Crippen molar-refractivity contribution in [1.29, 1.82) is 0 Å². The molecule has 0 aliphatic carbocycles. The van der Waals surface area contributed by atoms with Gasteiger partial charge in [-0.1, -0.05) is 86.0 Å². The van der Waals surface area contributed by atoms with E-state index in [0.717, 1.165) is 25.7 Å². The molecule has 0 aromatic carbocycles. The summed E-state index contributed by atoms with van der Waals surface area (Å²) in [6, 6.07) is -0.939. The molecule has 0 bridgehead atoms. The maximum absolute atomic E-state index is 14.4. The SMILES string of the molecule is CC1[C@H](OCCCCCC(=O)NCCCCC(CC(=O)C(CCCCNC(=O)CCCCCO[C@@H]2OC(CO)[C@H](O)[C@H](O)C2C)NC(=O)CCCCCO[C@@H]2OC(CO)[C@H](O)[C@H](O)C2C)C(=O)NCCCCCC(=O)CCCCCCCOP(=O)(O)C(C)C)OC(CO)[C@H](O)[C@@H]1O. The van der Waals surface area contributed by atoms with Crippen LogP contribution in [0.25, 0.3) is 0 Å². The van der Waals surface area contributed by atoms with Gasteiger partial charge in [-0.2, -0.15) is 0 Å². The van der Waals surface area contributed by atoms with Crippen LogP contribution in [0.1, 0.15) is 221 Å². The number of amides is 4. The van der Waals surface area contributed by atoms with Gasteiger partial charge >= 0.3 is 7.60 Å². The topological polar surface area (TPSA) is 435 Å². The Morgan fingerprint density at radius 2 is 0.784 bits per heavy atom. The highest BCUT2D eigenvalue weighted by atomic mass is 31.2. The van der Waals surface area contributed by atoms with Crippen molar-refractivity contribution in [2.45, 2.75) is 306 Å². The van der Waals surface area contributed by atoms with E-state index < -0.39 is 137 Å². The minimum absolute atomic E-state index is 0.0916. The smallest absolute Gasteiger partial charge is 0.330 e. The number of unbranched alkanes of at least 4 members (excludes halogenated alkanes) is 14. The van der Waals surface area contributed by atoms with Gasteiger partial charge in [0, 0.05) is 102 Å². The minimum Gasteiger partial charge on any atom is -0.394 e. The van der Waals surface area contributed by atoms with Gasteiger partial charge in [-0.15, -0.1) is 0 Å². The number of ketones is 2. The van der Waals surface area contributed by atoms with Crippen LogP contribution in [-0.2, 0) is 66.3 Å². The molecule has 3 saturated heterocycles. The third kappa shape index (κ3) is 34.5. The second-order valence-corrected chi connectivity index (χ2v) is 29.5. The van der Waals surface area contributed by atoms with Crippen LogP contribution in [0.3, 0.4) is 0 Å². The van der Waals surface area contributed by atoms with Crippen LogP contribution in [0.5, 0.6) is 0 Å². The van der Waals surface area contributed by atoms with E-state index in [2.05, 4.69) is 21.3 Å². The van der Waals surface area contributed by atoms with Gasteiger partial charge in [-0.3, -0.25) is 33.3 Å². The van der Waals surface area contributed by atoms with E-state index in [1.54, 1.807) is 34.6 Å². The molecule has 29 heteroatoms. The number of carbonyl (C=O) groups is 6. The zero-order valence-electron chi connectivity index (χ0n) is 58.6. The number of aliphatic hydroxyl groups is 9. The standard InChI is InChI=1S/C68H125N4O24P/c1-45(2)97(88,89)93-40-26-8-6-7-13-28-50(76)29-14-9-20-36-71-65(87)49(27-18-21-34-69-56(78)31-15-10-23-37-90-66-46(3)59(81)62(84)53(42-73)94-66)41-52(77)51(72-58(80)33-17-12-25-39-92-68-48(5)61(83)64(86)55(44-75)96-68)30-19-22-35-70-57(79)32-16-11-24-38-91-67-47(4)60(82)63(85)54(43-74)95-67/h45-49,51,53-55,59-64,66-68,73-75,81-86H,6-44H2,1-5H3,(H,69,78)(H,70,79)(H,71,87)(H,72,80)(H,88,89)/t46?,47?,48?,49?,51?,53?,54?,55?,59-,60-,61-,62+,63+,64+,66-,67-,68-/m1/s1. The number of carbonyl (C=O) groups excluding carboxylic acids is 6. The fourth-order valence-corrected chi connectivity index (χ4v) is 12.5. The first-order valence-electron chi connectivity index (χ1n) is 36.2. The first-order valence-corrected chi connectivity index (χ1v) is 37.9. The summed E-state index contributed by atoms with van der Waals surface area (Å²) < 4.78 is 51.4. The van der Waals surface area contributed by atoms with Crippen LogP contribution >= 0.6 is 7.60 Å². The second-order valence-electron chi connectivity index (χ2n) is 27.1. The average molecular weight is 1410 g/mol. The van der Waals surface area contributed by atoms with Crippen LogP contribution in [0.15, 0.2) is 0 Å². The van der Waals surface area contributed by atoms with E-state index in [1.807, 2.05) is 0 Å². The Morgan fingerprint density at radius 3 is 1.22 bits per heavy atom. The molecule has 28 nitrogen and oxygen atoms in total. The monoisotopic (exact) mass is 1410 g/mol. The third-order valence-electron chi connectivity index (χ3n) is 18.6. The zero-order valence-corrected chi connectivity index (χ0v) is 59.5. The summed E-state index contributed by atoms with van der Waals surface area (Å²) in [7, 11) is -3.58. The van der Waals surface area contributed by atoms with Gasteiger partial charge in [0.15, 0.2) is 24.7 Å². The quantitative estimate of drug-likeness (QED) is 0.0304. The van der Waals surface area contributed by atoms with Gasteiger partial charge in [0.2, 0.25) is 23.6 Å². The van der Waals surface area contributed by atoms with Crippen molar-refractivity contribution in [3.63, 3.8) is 0 Å². The lowest BCUT2D eigenvalue weighted by Gasteiger charge is -2.40. The van der Waals surface area contributed by atoms with Crippen molar-refractivity contribution < 1.29 is 117 Å². The van der Waals surface area contributed by atoms with Crippen LogP contribution in [0.4, 0.5) is 0 Å². The van der Waals surface area contributed by atoms with E-state index >= 15 is 0 Å². The molecule has 566 valence electrons. The highest BCUT2D eigenvalue weighted by Gasteiger charge is 2.45. The highest BCUT2D eigenvalue weighted by Crippen LogP contribution is 2.47. The molecule has 3 aliphatic rings. The summed E-state index contributed by atoms with van der Waals surface area (Å²) in [5, 5.41) is 102. The number of Topliss-reactive ketones (excluding diaryl/α,β-unsaturated/α-hetero) is 2. The molecule has 3 rings (SSSR count). The molecule has 4 amide bonds. The average Bonchev–Trinajstić information content (AvgIpc) is 0.932. The number of ether oxygens (including phenoxy) is 6. The second kappa shape index (κ2) is 50.2. The van der Waals surface area contributed by atoms with Crippen LogP contribution in [-0.4, -0.2) is 237 Å². The molecule has 3 heterocycles. The summed E-state index contributed by atoms with van der Waals surface area (Å²) in [4.78, 5) is 90.2. The van der Waals surface area contributed by atoms with Gasteiger partial charge in [-0.25, -0.2) is 0 Å². The predicted octanol–water partition coefficient (Wildman–Crippen LogP) is 3.77. The maximum Gasteiger partial charge on any atom is 0.330 e. The number of nitrogens with one attached hydrogen (secondary N) is 4. The van der Waals surface area contributed by atoms with Crippen molar-refractivity contribution in [2.75, 3.05) is 65.9 Å². The summed E-state index contributed by atoms with van der Waals surface area (Å²) >= 11 is 0. The Kier molecular flexibility index (Phi) is 45.5. The number of aliphatic hydroxyl groups excluding tert-OH is 9. The molecule has 0 radical (unpaired) electrons. The van der Waals surface area contributed by atoms with Crippen LogP contribution in [0, 0.1) is 23.7 Å². The van der Waals surface area contributed by atoms with Crippen molar-refractivity contribution in [3.8, 4) is 0 Å². The molecule has 0 aromatic rings. The highest BCUT2D eigenvalue weighted by molar-refractivity contribution is 7.53. The van der Waals surface area contributed by atoms with E-state index in [4.69, 9.17) is 32.9 Å². The molecule has 3 aliphatic heterocycles. The Hall–Kier alpha value is -3.23. The van der Waals surface area contributed by atoms with Gasteiger partial charge in [0.05, 0.1) is 56.4 Å². The predicted molar refractivity (Wildman–Crippen MR) is 358 cm³/mol. The Morgan fingerprint density at radius 1 is 0.433 bits per heavy atom. The number of hydrogen-bond acceptors (Lipinski definition) is 23. The summed E-state index contributed by atoms with van der Waals surface area (Å²) in [5.74, 6) is -3.46. The molecule has 14 N–H and O–H groups in total. The molecule has 0 spiro atoms. The molecule has 3 fully saturated rings. The van der Waals surface area contributed by atoms with Gasteiger partial charge in [-0.05, 0) is 96.3 Å². The maximum atomic E-state index is 14.4. The van der Waals surface area contributed by atoms with Gasteiger partial charge in [0.1, 0.15) is 42.4 Å². The molecular formula is C68H125N4O24P. The zero-order chi connectivity index (χ0) is 71.7. The number of hydrogen-bond donors (Lipinski definition) is 14. The van der Waals surface area contributed by atoms with Crippen molar-refractivity contribution in [1.82, 2.24) is 21.3 Å². The Balaban J connectivity index is 1.56. The summed E-state index contributed by atoms with van der Waals surface area (Å²) in [6.45, 7) is 8.94. The fourth-order valence-electron chi connectivity index (χ4n) is 11.8. The number of rotatable bonds is 55. The van der Waals surface area contributed by atoms with Crippen molar-refractivity contribution in [3.05, 3.63) is 0 Å². The van der Waals surface area contributed by atoms with Gasteiger partial charge in [0.25, 0.3) is 0 Å². The van der Waals surface area contributed by atoms with E-state index in [-0.39, 0.29) is 80.5 Å². The molecule has 9 unspecified atom stereocenters. The minimum atomic E-state index is -3.58. The first kappa shape index (κ1) is 88.0. The largest absolute Gasteiger partial charge is 0.394 e. The first-order chi connectivity index (χ1) is 46.4. The fraction of sp³-hybridized carbons (Fsp3) is 0.912. The van der Waals surface area contributed by atoms with E-state index in [9.17, 15) is 84.2 Å². The van der Waals surface area contributed by atoms with E-state index in [0.29, 0.717) is 161 Å². The normalized spacial score (nSPS) is 27.2. The van der Waals surface area contributed by atoms with Crippen molar-refractivity contribution in [2.24, 2.45) is 23.7 Å². The summed E-state index contributed by atoms with van der Waals surface area (Å²) in [6.07, 6.45) is 2.76. The summed E-state index contributed by atoms with van der Waals surface area (Å²) in [5.41, 5.74) is -0.452. The lowest BCUT2D eigenvalue weighted by molar-refractivity contribution is -0.282. The molecule has 0 aromatic heterocycles. The molecular weight excluding hydrogens is 1290 g/mol. The van der Waals surface area contributed by atoms with Crippen LogP contribution < -0.4 is 21.3 Å². The third-order valence-corrected chi connectivity index (χ3v) is 20.5. The molecule has 18 atom stereocenters. The Bertz CT molecular complexity index is 2240. The van der Waals surface area contributed by atoms with Gasteiger partial charge < -0.3 is 105 Å². The lowest BCUT2D eigenvalue weighted by Crippen LogP contribution is -2.55. The van der Waals surface area contributed by atoms with Crippen LogP contribution in [0.2, 0.25) is 0 Å². The lowest BCUT2D eigenvalue weighted by atomic mass is 9.91. The van der Waals surface area contributed by atoms with Crippen molar-refractivity contribution >= 4 is 42.8 Å².